The van der Waals surface area contributed by atoms with Crippen LogP contribution in [0.15, 0.2) is 12.1 Å². The number of hydrogen-bond acceptors (Lipinski definition) is 3. The number of rotatable bonds is 2. The van der Waals surface area contributed by atoms with E-state index in [1.165, 1.54) is 4.90 Å². The molecule has 0 radical (unpaired) electrons. The summed E-state index contributed by atoms with van der Waals surface area (Å²) in [6, 6.07) is 0.992. The molecule has 2 rings (SSSR count). The number of benzene rings is 1. The molecule has 1 aliphatic heterocycles. The van der Waals surface area contributed by atoms with E-state index < -0.39 is 33.7 Å². The van der Waals surface area contributed by atoms with Gasteiger partial charge in [0.15, 0.2) is 0 Å². The van der Waals surface area contributed by atoms with Crippen LogP contribution in [-0.2, 0) is 0 Å². The zero-order chi connectivity index (χ0) is 15.7. The number of halogens is 2. The van der Waals surface area contributed by atoms with Crippen molar-refractivity contribution in [3.05, 3.63) is 39.4 Å². The zero-order valence-corrected chi connectivity index (χ0v) is 11.8. The Balaban J connectivity index is 2.35. The number of carbonyl (C=O) groups excluding carboxylic acids is 1. The molecule has 2 unspecified atom stereocenters. The first-order chi connectivity index (χ1) is 9.82. The van der Waals surface area contributed by atoms with Gasteiger partial charge in [-0.1, -0.05) is 6.92 Å². The number of likely N-dealkylation sites (tertiary alicyclic amines) is 1. The van der Waals surface area contributed by atoms with Crippen LogP contribution >= 0.6 is 0 Å². The SMILES string of the molecule is CC1CCCN(C(=O)c2cc(F)c([N+](=O)[O-])cc2F)C1C. The van der Waals surface area contributed by atoms with Gasteiger partial charge in [0.2, 0.25) is 5.82 Å². The number of hydrogen-bond donors (Lipinski definition) is 0. The second-order valence-electron chi connectivity index (χ2n) is 5.40. The Morgan fingerprint density at radius 1 is 1.33 bits per heavy atom. The minimum absolute atomic E-state index is 0.0797. The fraction of sp³-hybridized carbons (Fsp3) is 0.500. The molecule has 0 saturated carbocycles. The summed E-state index contributed by atoms with van der Waals surface area (Å²) in [4.78, 5) is 23.4. The Morgan fingerprint density at radius 2 is 2.00 bits per heavy atom. The maximum absolute atomic E-state index is 13.9. The predicted octanol–water partition coefficient (Wildman–Crippen LogP) is 3.13. The largest absolute Gasteiger partial charge is 0.336 e. The van der Waals surface area contributed by atoms with E-state index in [0.717, 1.165) is 12.8 Å². The van der Waals surface area contributed by atoms with E-state index >= 15 is 0 Å². The number of nitro groups is 1. The first kappa shape index (κ1) is 15.3. The van der Waals surface area contributed by atoms with Gasteiger partial charge in [-0.05, 0) is 31.7 Å². The molecule has 0 aliphatic carbocycles. The van der Waals surface area contributed by atoms with E-state index in [4.69, 9.17) is 0 Å². The first-order valence-electron chi connectivity index (χ1n) is 6.77. The van der Waals surface area contributed by atoms with Gasteiger partial charge in [0.1, 0.15) is 5.82 Å². The van der Waals surface area contributed by atoms with Crippen molar-refractivity contribution in [1.82, 2.24) is 4.90 Å². The van der Waals surface area contributed by atoms with Crippen LogP contribution in [0.4, 0.5) is 14.5 Å². The highest BCUT2D eigenvalue weighted by Gasteiger charge is 2.31. The number of nitrogens with zero attached hydrogens (tertiary/aromatic N) is 2. The van der Waals surface area contributed by atoms with Gasteiger partial charge in [0.05, 0.1) is 16.6 Å². The summed E-state index contributed by atoms with van der Waals surface area (Å²) in [5, 5.41) is 10.6. The molecule has 0 bridgehead atoms. The highest BCUT2D eigenvalue weighted by atomic mass is 19.1. The van der Waals surface area contributed by atoms with Gasteiger partial charge in [0.25, 0.3) is 5.91 Å². The van der Waals surface area contributed by atoms with E-state index in [9.17, 15) is 23.7 Å². The number of nitro benzene ring substituents is 1. The molecule has 1 aromatic carbocycles. The lowest BCUT2D eigenvalue weighted by atomic mass is 9.91. The normalized spacial score (nSPS) is 22.2. The summed E-state index contributed by atoms with van der Waals surface area (Å²) < 4.78 is 27.5. The van der Waals surface area contributed by atoms with Gasteiger partial charge in [0, 0.05) is 12.6 Å². The van der Waals surface area contributed by atoms with E-state index in [2.05, 4.69) is 0 Å². The Hall–Kier alpha value is -2.05. The van der Waals surface area contributed by atoms with Crippen molar-refractivity contribution in [3.63, 3.8) is 0 Å². The molecule has 5 nitrogen and oxygen atoms in total. The standard InChI is InChI=1S/C14H16F2N2O3/c1-8-4-3-5-17(9(8)2)14(19)10-6-12(16)13(18(20)21)7-11(10)15/h6-9H,3-5H2,1-2H3. The molecule has 1 amide bonds. The minimum Gasteiger partial charge on any atom is -0.336 e. The van der Waals surface area contributed by atoms with Crippen LogP contribution < -0.4 is 0 Å². The number of piperidine rings is 1. The fourth-order valence-corrected chi connectivity index (χ4v) is 2.62. The monoisotopic (exact) mass is 298 g/mol. The van der Waals surface area contributed by atoms with Crippen molar-refractivity contribution in [1.29, 1.82) is 0 Å². The fourth-order valence-electron chi connectivity index (χ4n) is 2.62. The van der Waals surface area contributed by atoms with Crippen LogP contribution in [0, 0.1) is 27.7 Å². The Morgan fingerprint density at radius 3 is 2.62 bits per heavy atom. The third-order valence-electron chi connectivity index (χ3n) is 4.10. The molecule has 7 heteroatoms. The predicted molar refractivity (Wildman–Crippen MR) is 71.9 cm³/mol. The molecule has 1 aliphatic rings. The second-order valence-corrected chi connectivity index (χ2v) is 5.40. The smallest absolute Gasteiger partial charge is 0.307 e. The summed E-state index contributed by atoms with van der Waals surface area (Å²) in [5.41, 5.74) is -1.43. The molecule has 114 valence electrons. The molecule has 0 spiro atoms. The van der Waals surface area contributed by atoms with Crippen LogP contribution in [0.3, 0.4) is 0 Å². The number of amides is 1. The van der Waals surface area contributed by atoms with Crippen molar-refractivity contribution in [2.45, 2.75) is 32.7 Å². The summed E-state index contributed by atoms with van der Waals surface area (Å²) >= 11 is 0. The summed E-state index contributed by atoms with van der Waals surface area (Å²) in [6.45, 7) is 4.33. The maximum atomic E-state index is 13.9. The van der Waals surface area contributed by atoms with Gasteiger partial charge >= 0.3 is 5.69 Å². The first-order valence-corrected chi connectivity index (χ1v) is 6.77. The van der Waals surface area contributed by atoms with E-state index in [1.807, 2.05) is 13.8 Å². The van der Waals surface area contributed by atoms with Gasteiger partial charge in [-0.2, -0.15) is 4.39 Å². The molecule has 21 heavy (non-hydrogen) atoms. The van der Waals surface area contributed by atoms with Gasteiger partial charge in [-0.15, -0.1) is 0 Å². The highest BCUT2D eigenvalue weighted by molar-refractivity contribution is 5.95. The van der Waals surface area contributed by atoms with Crippen molar-refractivity contribution in [2.75, 3.05) is 6.54 Å². The van der Waals surface area contributed by atoms with Crippen LogP contribution in [0.2, 0.25) is 0 Å². The molecule has 2 atom stereocenters. The molecular weight excluding hydrogens is 282 g/mol. The van der Waals surface area contributed by atoms with Crippen LogP contribution in [0.25, 0.3) is 0 Å². The molecule has 1 fully saturated rings. The summed E-state index contributed by atoms with van der Waals surface area (Å²) in [7, 11) is 0. The van der Waals surface area contributed by atoms with Crippen LogP contribution in [-0.4, -0.2) is 28.3 Å². The minimum atomic E-state index is -1.21. The van der Waals surface area contributed by atoms with E-state index in [1.54, 1.807) is 0 Å². The topological polar surface area (TPSA) is 63.5 Å². The molecule has 0 aromatic heterocycles. The lowest BCUT2D eigenvalue weighted by Gasteiger charge is -2.38. The zero-order valence-electron chi connectivity index (χ0n) is 11.8. The van der Waals surface area contributed by atoms with Gasteiger partial charge < -0.3 is 4.90 Å². The molecular formula is C14H16F2N2O3. The molecule has 0 N–H and O–H groups in total. The molecule has 1 saturated heterocycles. The lowest BCUT2D eigenvalue weighted by Crippen LogP contribution is -2.46. The Bertz CT molecular complexity index is 592. The van der Waals surface area contributed by atoms with Crippen LogP contribution in [0.1, 0.15) is 37.0 Å². The van der Waals surface area contributed by atoms with Gasteiger partial charge in [-0.3, -0.25) is 14.9 Å². The summed E-state index contributed by atoms with van der Waals surface area (Å²) in [6.07, 6.45) is 1.77. The average Bonchev–Trinajstić information content (AvgIpc) is 2.43. The van der Waals surface area contributed by atoms with Crippen molar-refractivity contribution < 1.29 is 18.5 Å². The average molecular weight is 298 g/mol. The third kappa shape index (κ3) is 2.86. The lowest BCUT2D eigenvalue weighted by molar-refractivity contribution is -0.387. The van der Waals surface area contributed by atoms with Crippen molar-refractivity contribution >= 4 is 11.6 Å². The number of carbonyl (C=O) groups is 1. The van der Waals surface area contributed by atoms with Gasteiger partial charge in [-0.25, -0.2) is 4.39 Å². The summed E-state index contributed by atoms with van der Waals surface area (Å²) in [5.74, 6) is -2.63. The Kier molecular flexibility index (Phi) is 4.20. The van der Waals surface area contributed by atoms with Crippen molar-refractivity contribution in [2.24, 2.45) is 5.92 Å². The van der Waals surface area contributed by atoms with Crippen molar-refractivity contribution in [3.8, 4) is 0 Å². The van der Waals surface area contributed by atoms with E-state index in [0.29, 0.717) is 18.7 Å². The van der Waals surface area contributed by atoms with E-state index in [-0.39, 0.29) is 12.0 Å². The third-order valence-corrected chi connectivity index (χ3v) is 4.10. The quantitative estimate of drug-likeness (QED) is 0.622. The molecule has 1 heterocycles. The maximum Gasteiger partial charge on any atom is 0.307 e. The van der Waals surface area contributed by atoms with Crippen LogP contribution in [0.5, 0.6) is 0 Å². The second kappa shape index (κ2) is 5.75. The highest BCUT2D eigenvalue weighted by Crippen LogP contribution is 2.27. The Labute approximate surface area is 120 Å². The molecule has 1 aromatic rings.